The molecule has 0 spiro atoms. The number of nitrogens with zero attached hydrogens (tertiary/aromatic N) is 5. The molecule has 0 bridgehead atoms. The molecule has 0 aromatic carbocycles. The molecule has 8 heteroatoms. The number of likely N-dealkylation sites (tertiary alicyclic amines) is 1. The minimum atomic E-state index is -0.473. The van der Waals surface area contributed by atoms with Gasteiger partial charge >= 0.3 is 6.09 Å². The zero-order valence-corrected chi connectivity index (χ0v) is 20.0. The fraction of sp³-hybridized carbons (Fsp3) is 0.750. The van der Waals surface area contributed by atoms with E-state index in [1.165, 1.54) is 0 Å². The van der Waals surface area contributed by atoms with Gasteiger partial charge in [0.25, 0.3) is 0 Å². The summed E-state index contributed by atoms with van der Waals surface area (Å²) >= 11 is 0. The van der Waals surface area contributed by atoms with Crippen molar-refractivity contribution in [2.24, 2.45) is 21.8 Å². The maximum absolute atomic E-state index is 12.8. The first kappa shape index (κ1) is 22.8. The third kappa shape index (κ3) is 4.69. The lowest BCUT2D eigenvalue weighted by atomic mass is 9.81. The SMILES string of the molecule is CN1C(=O)CC(C2C=CN=CC2)N=C1N(C)[C@@H]1CCC2C(CCN2C(=O)OC(C)(C)C)C1. The van der Waals surface area contributed by atoms with Crippen LogP contribution in [0.5, 0.6) is 0 Å². The van der Waals surface area contributed by atoms with E-state index < -0.39 is 5.60 Å². The Bertz CT molecular complexity index is 830. The van der Waals surface area contributed by atoms with Gasteiger partial charge < -0.3 is 14.5 Å². The Morgan fingerprint density at radius 1 is 1.25 bits per heavy atom. The van der Waals surface area contributed by atoms with Crippen LogP contribution in [0.2, 0.25) is 0 Å². The van der Waals surface area contributed by atoms with E-state index in [-0.39, 0.29) is 30.0 Å². The predicted octanol–water partition coefficient (Wildman–Crippen LogP) is 3.29. The Morgan fingerprint density at radius 2 is 2.03 bits per heavy atom. The molecule has 1 saturated heterocycles. The Morgan fingerprint density at radius 3 is 2.72 bits per heavy atom. The second-order valence-corrected chi connectivity index (χ2v) is 10.6. The van der Waals surface area contributed by atoms with Crippen LogP contribution in [-0.2, 0) is 9.53 Å². The number of hydrogen-bond acceptors (Lipinski definition) is 6. The van der Waals surface area contributed by atoms with Crippen LogP contribution >= 0.6 is 0 Å². The average Bonchev–Trinajstić information content (AvgIpc) is 3.18. The number of hydrogen-bond donors (Lipinski definition) is 0. The van der Waals surface area contributed by atoms with E-state index in [9.17, 15) is 9.59 Å². The number of guanidine groups is 1. The van der Waals surface area contributed by atoms with Crippen LogP contribution in [0.3, 0.4) is 0 Å². The summed E-state index contributed by atoms with van der Waals surface area (Å²) in [4.78, 5) is 40.5. The lowest BCUT2D eigenvalue weighted by Crippen LogP contribution is -2.54. The van der Waals surface area contributed by atoms with E-state index in [1.54, 1.807) is 4.90 Å². The molecule has 1 saturated carbocycles. The van der Waals surface area contributed by atoms with Gasteiger partial charge in [-0.15, -0.1) is 0 Å². The number of ether oxygens (including phenoxy) is 1. The molecule has 1 aliphatic carbocycles. The molecule has 4 unspecified atom stereocenters. The van der Waals surface area contributed by atoms with Crippen molar-refractivity contribution in [1.29, 1.82) is 0 Å². The van der Waals surface area contributed by atoms with E-state index in [2.05, 4.69) is 23.0 Å². The Labute approximate surface area is 191 Å². The maximum Gasteiger partial charge on any atom is 0.410 e. The smallest absolute Gasteiger partial charge is 0.410 e. The van der Waals surface area contributed by atoms with E-state index in [1.807, 2.05) is 45.1 Å². The van der Waals surface area contributed by atoms with Gasteiger partial charge in [0.2, 0.25) is 11.9 Å². The molecule has 32 heavy (non-hydrogen) atoms. The van der Waals surface area contributed by atoms with Crippen molar-refractivity contribution < 1.29 is 14.3 Å². The summed E-state index contributed by atoms with van der Waals surface area (Å²) in [6.07, 6.45) is 10.8. The van der Waals surface area contributed by atoms with Crippen molar-refractivity contribution in [3.05, 3.63) is 12.3 Å². The minimum absolute atomic E-state index is 0.0374. The van der Waals surface area contributed by atoms with Crippen molar-refractivity contribution in [2.45, 2.75) is 83.0 Å². The van der Waals surface area contributed by atoms with E-state index in [4.69, 9.17) is 9.73 Å². The molecule has 176 valence electrons. The molecule has 0 aromatic rings. The van der Waals surface area contributed by atoms with Gasteiger partial charge in [0.15, 0.2) is 0 Å². The molecule has 0 radical (unpaired) electrons. The summed E-state index contributed by atoms with van der Waals surface area (Å²) < 4.78 is 5.63. The lowest BCUT2D eigenvalue weighted by molar-refractivity contribution is -0.128. The fourth-order valence-electron chi connectivity index (χ4n) is 5.53. The molecule has 3 aliphatic heterocycles. The molecular weight excluding hydrogens is 406 g/mol. The van der Waals surface area contributed by atoms with Crippen molar-refractivity contribution in [3.63, 3.8) is 0 Å². The molecule has 0 N–H and O–H groups in total. The molecule has 0 aromatic heterocycles. The quantitative estimate of drug-likeness (QED) is 0.656. The molecule has 2 fully saturated rings. The van der Waals surface area contributed by atoms with Gasteiger partial charge in [-0.3, -0.25) is 14.7 Å². The standard InChI is InChI=1S/C24H37N5O3/c1-24(2,3)32-23(31)29-13-10-17-14-18(6-7-20(17)29)27(4)22-26-19(15-21(30)28(22)5)16-8-11-25-12-9-16/h8,11-12,16-20H,6-7,9-10,13-15H2,1-5H3/t16?,17?,18-,19?,20?/m1/s1. The summed E-state index contributed by atoms with van der Waals surface area (Å²) in [5.41, 5.74) is -0.473. The predicted molar refractivity (Wildman–Crippen MR) is 125 cm³/mol. The van der Waals surface area contributed by atoms with Crippen molar-refractivity contribution in [1.82, 2.24) is 14.7 Å². The zero-order valence-electron chi connectivity index (χ0n) is 20.0. The summed E-state index contributed by atoms with van der Waals surface area (Å²) in [7, 11) is 3.90. The van der Waals surface area contributed by atoms with E-state index in [0.717, 1.165) is 44.6 Å². The average molecular weight is 444 g/mol. The van der Waals surface area contributed by atoms with Crippen LogP contribution in [0.1, 0.15) is 59.3 Å². The van der Waals surface area contributed by atoms with Gasteiger partial charge in [-0.05, 0) is 58.8 Å². The molecule has 4 aliphatic rings. The molecule has 3 heterocycles. The number of amides is 2. The topological polar surface area (TPSA) is 77.8 Å². The van der Waals surface area contributed by atoms with Crippen LogP contribution < -0.4 is 0 Å². The van der Waals surface area contributed by atoms with Crippen molar-refractivity contribution >= 4 is 24.2 Å². The van der Waals surface area contributed by atoms with E-state index in [0.29, 0.717) is 18.4 Å². The Kier molecular flexibility index (Phi) is 6.32. The first-order chi connectivity index (χ1) is 15.1. The second kappa shape index (κ2) is 8.87. The van der Waals surface area contributed by atoms with Crippen LogP contribution in [0, 0.1) is 11.8 Å². The third-order valence-corrected chi connectivity index (χ3v) is 7.28. The molecule has 4 rings (SSSR count). The Balaban J connectivity index is 1.43. The summed E-state index contributed by atoms with van der Waals surface area (Å²) in [5, 5.41) is 0. The van der Waals surface area contributed by atoms with Crippen molar-refractivity contribution in [3.8, 4) is 0 Å². The van der Waals surface area contributed by atoms with E-state index >= 15 is 0 Å². The zero-order chi connectivity index (χ0) is 23.0. The lowest BCUT2D eigenvalue weighted by Gasteiger charge is -2.43. The highest BCUT2D eigenvalue weighted by atomic mass is 16.6. The minimum Gasteiger partial charge on any atom is -0.444 e. The largest absolute Gasteiger partial charge is 0.444 e. The van der Waals surface area contributed by atoms with Crippen LogP contribution in [0.25, 0.3) is 0 Å². The van der Waals surface area contributed by atoms with Gasteiger partial charge in [-0.25, -0.2) is 9.79 Å². The third-order valence-electron chi connectivity index (χ3n) is 7.28. The highest BCUT2D eigenvalue weighted by molar-refractivity contribution is 5.99. The van der Waals surface area contributed by atoms with Crippen LogP contribution in [-0.4, -0.2) is 83.2 Å². The first-order valence-electron chi connectivity index (χ1n) is 11.9. The summed E-state index contributed by atoms with van der Waals surface area (Å²) in [5.74, 6) is 1.57. The van der Waals surface area contributed by atoms with Crippen molar-refractivity contribution in [2.75, 3.05) is 20.6 Å². The highest BCUT2D eigenvalue weighted by Gasteiger charge is 2.44. The highest BCUT2D eigenvalue weighted by Crippen LogP contribution is 2.39. The summed E-state index contributed by atoms with van der Waals surface area (Å²) in [6.45, 7) is 6.50. The number of rotatable bonds is 2. The van der Waals surface area contributed by atoms with Gasteiger partial charge in [-0.2, -0.15) is 0 Å². The number of carbonyl (C=O) groups is 2. The molecule has 8 nitrogen and oxygen atoms in total. The number of aliphatic imine (C=N–C) groups is 2. The monoisotopic (exact) mass is 443 g/mol. The number of carbonyl (C=O) groups excluding carboxylic acids is 2. The summed E-state index contributed by atoms with van der Waals surface area (Å²) in [6, 6.07) is 0.525. The maximum atomic E-state index is 12.8. The van der Waals surface area contributed by atoms with Gasteiger partial charge in [0.1, 0.15) is 5.60 Å². The van der Waals surface area contributed by atoms with Gasteiger partial charge in [0, 0.05) is 51.1 Å². The molecule has 2 amide bonds. The van der Waals surface area contributed by atoms with Crippen LogP contribution in [0.4, 0.5) is 4.79 Å². The second-order valence-electron chi connectivity index (χ2n) is 10.6. The number of fused-ring (bicyclic) bond motifs is 1. The molecule has 5 atom stereocenters. The first-order valence-corrected chi connectivity index (χ1v) is 11.9. The fourth-order valence-corrected chi connectivity index (χ4v) is 5.53. The molecular formula is C24H37N5O3. The van der Waals surface area contributed by atoms with Gasteiger partial charge in [-0.1, -0.05) is 6.08 Å². The normalized spacial score (nSPS) is 32.6. The van der Waals surface area contributed by atoms with Gasteiger partial charge in [0.05, 0.1) is 12.5 Å². The Hall–Kier alpha value is -2.38. The van der Waals surface area contributed by atoms with Crippen LogP contribution in [0.15, 0.2) is 22.3 Å².